The molecule has 0 N–H and O–H groups in total. The van der Waals surface area contributed by atoms with E-state index < -0.39 is 0 Å². The molecule has 0 spiro atoms. The smallest absolute Gasteiger partial charge is 0.279 e. The first kappa shape index (κ1) is 50.3. The van der Waals surface area contributed by atoms with Gasteiger partial charge in [-0.25, -0.2) is 4.98 Å². The minimum atomic E-state index is -0.258. The van der Waals surface area contributed by atoms with Gasteiger partial charge in [0.2, 0.25) is 11.8 Å². The molecule has 10 aromatic rings. The van der Waals surface area contributed by atoms with E-state index in [-0.39, 0.29) is 33.8 Å². The highest BCUT2D eigenvalue weighted by Gasteiger charge is 2.48. The molecule has 0 fully saturated rings. The molecule has 2 aromatic heterocycles. The van der Waals surface area contributed by atoms with Crippen LogP contribution in [0.3, 0.4) is 0 Å². The average molecular weight is 1010 g/mol. The van der Waals surface area contributed by atoms with Crippen LogP contribution < -0.4 is 26.3 Å². The molecule has 2 aliphatic heterocycles. The first-order valence-corrected chi connectivity index (χ1v) is 27.7. The Kier molecular flexibility index (Phi) is 11.4. The van der Waals surface area contributed by atoms with E-state index in [0.717, 1.165) is 67.8 Å². The highest BCUT2D eigenvalue weighted by molar-refractivity contribution is 6.99. The van der Waals surface area contributed by atoms with Crippen molar-refractivity contribution < 1.29 is 4.42 Å². The van der Waals surface area contributed by atoms with Crippen molar-refractivity contribution in [1.82, 2.24) is 9.55 Å². The summed E-state index contributed by atoms with van der Waals surface area (Å²) in [6.07, 6.45) is 0. The lowest BCUT2D eigenvalue weighted by Crippen LogP contribution is -2.62. The summed E-state index contributed by atoms with van der Waals surface area (Å²) in [5, 5.41) is 2.45. The zero-order chi connectivity index (χ0) is 54.3. The van der Waals surface area contributed by atoms with Crippen molar-refractivity contribution in [3.63, 3.8) is 0 Å². The van der Waals surface area contributed by atoms with Crippen LogP contribution in [0.25, 0.3) is 50.1 Å². The van der Waals surface area contributed by atoms with Crippen LogP contribution in [0.15, 0.2) is 174 Å². The number of oxazole rings is 1. The van der Waals surface area contributed by atoms with E-state index >= 15 is 0 Å². The number of anilines is 6. The van der Waals surface area contributed by atoms with Gasteiger partial charge in [0.05, 0.1) is 22.3 Å². The Bertz CT molecular complexity index is 3850. The van der Waals surface area contributed by atoms with Gasteiger partial charge in [0, 0.05) is 44.8 Å². The predicted molar refractivity (Wildman–Crippen MR) is 329 cm³/mol. The van der Waals surface area contributed by atoms with Crippen LogP contribution in [0.1, 0.15) is 132 Å². The second-order valence-electron chi connectivity index (χ2n) is 27.1. The maximum absolute atomic E-state index is 7.50. The first-order chi connectivity index (χ1) is 36.3. The lowest BCUT2D eigenvalue weighted by Gasteiger charge is -2.43. The Balaban J connectivity index is 1.18. The number of rotatable bonds is 5. The highest BCUT2D eigenvalue weighted by Crippen LogP contribution is 2.49. The van der Waals surface area contributed by atoms with Gasteiger partial charge in [0.25, 0.3) is 6.71 Å². The molecule has 0 amide bonds. The molecular weight excluding hydrogens is 936 g/mol. The summed E-state index contributed by atoms with van der Waals surface area (Å²) in [6.45, 7) is 34.3. The predicted octanol–water partition coefficient (Wildman–Crippen LogP) is 17.7. The second-order valence-corrected chi connectivity index (χ2v) is 27.1. The van der Waals surface area contributed by atoms with Gasteiger partial charge in [-0.1, -0.05) is 207 Å². The van der Waals surface area contributed by atoms with Crippen LogP contribution in [0.4, 0.5) is 34.3 Å². The van der Waals surface area contributed by atoms with E-state index in [1.807, 2.05) is 0 Å². The lowest BCUT2D eigenvalue weighted by molar-refractivity contribution is 0.566. The monoisotopic (exact) mass is 1010 g/mol. The largest absolute Gasteiger partial charge is 0.420 e. The van der Waals surface area contributed by atoms with Crippen molar-refractivity contribution in [2.24, 2.45) is 0 Å². The molecule has 0 unspecified atom stereocenters. The highest BCUT2D eigenvalue weighted by atomic mass is 16.4. The molecular formula is C71H73BN4O. The van der Waals surface area contributed by atoms with Gasteiger partial charge < -0.3 is 13.9 Å². The topological polar surface area (TPSA) is 37.4 Å². The van der Waals surface area contributed by atoms with Gasteiger partial charge in [-0.2, -0.15) is 0 Å². The van der Waals surface area contributed by atoms with Crippen molar-refractivity contribution in [3.8, 4) is 28.3 Å². The number of hydrogen-bond donors (Lipinski definition) is 0. The van der Waals surface area contributed by atoms with Crippen LogP contribution in [-0.4, -0.2) is 16.3 Å². The fraction of sp³-hybridized carbons (Fsp3) is 0.282. The molecule has 0 saturated heterocycles. The Hall–Kier alpha value is -7.57. The molecule has 0 radical (unpaired) electrons. The van der Waals surface area contributed by atoms with E-state index in [2.05, 4.69) is 288 Å². The summed E-state index contributed by atoms with van der Waals surface area (Å²) in [5.41, 5.74) is 21.6. The molecule has 6 heteroatoms. The Morgan fingerprint density at radius 3 is 1.35 bits per heavy atom. The number of benzene rings is 8. The molecule has 77 heavy (non-hydrogen) atoms. The van der Waals surface area contributed by atoms with Gasteiger partial charge in [0.1, 0.15) is 0 Å². The number of hydrogen-bond acceptors (Lipinski definition) is 4. The lowest BCUT2D eigenvalue weighted by atomic mass is 9.35. The van der Waals surface area contributed by atoms with Crippen LogP contribution in [-0.2, 0) is 27.1 Å². The molecule has 5 nitrogen and oxygen atoms in total. The summed E-state index contributed by atoms with van der Waals surface area (Å²) in [7, 11) is 0. The maximum atomic E-state index is 7.50. The third kappa shape index (κ3) is 8.60. The second kappa shape index (κ2) is 17.5. The van der Waals surface area contributed by atoms with E-state index in [0.29, 0.717) is 5.89 Å². The number of fused-ring (bicyclic) bond motifs is 7. The average Bonchev–Trinajstić information content (AvgIpc) is 4.22. The van der Waals surface area contributed by atoms with E-state index in [9.17, 15) is 0 Å². The zero-order valence-electron chi connectivity index (χ0n) is 47.9. The molecule has 0 aliphatic carbocycles. The van der Waals surface area contributed by atoms with Crippen LogP contribution in [0.2, 0.25) is 0 Å². The van der Waals surface area contributed by atoms with Crippen molar-refractivity contribution in [2.45, 2.75) is 131 Å². The van der Waals surface area contributed by atoms with Crippen LogP contribution in [0.5, 0.6) is 0 Å². The molecule has 0 saturated carbocycles. The fourth-order valence-corrected chi connectivity index (χ4v) is 11.8. The molecule has 0 bridgehead atoms. The van der Waals surface area contributed by atoms with Crippen molar-refractivity contribution in [2.75, 3.05) is 9.80 Å². The summed E-state index contributed by atoms with van der Waals surface area (Å²) in [6, 6.07) is 64.1. The van der Waals surface area contributed by atoms with E-state index in [4.69, 9.17) is 9.40 Å². The summed E-state index contributed by atoms with van der Waals surface area (Å²) < 4.78 is 9.97. The van der Waals surface area contributed by atoms with Gasteiger partial charge in [-0.3, -0.25) is 4.90 Å². The maximum Gasteiger partial charge on any atom is 0.279 e. The van der Waals surface area contributed by atoms with Gasteiger partial charge in [-0.15, -0.1) is 0 Å². The van der Waals surface area contributed by atoms with Gasteiger partial charge in [-0.05, 0) is 144 Å². The van der Waals surface area contributed by atoms with E-state index in [1.54, 1.807) is 0 Å². The fourth-order valence-electron chi connectivity index (χ4n) is 11.8. The molecule has 4 heterocycles. The van der Waals surface area contributed by atoms with Crippen molar-refractivity contribution in [1.29, 1.82) is 0 Å². The van der Waals surface area contributed by atoms with Gasteiger partial charge >= 0.3 is 0 Å². The van der Waals surface area contributed by atoms with Crippen LogP contribution >= 0.6 is 0 Å². The Morgan fingerprint density at radius 2 is 0.831 bits per heavy atom. The Labute approximate surface area is 457 Å². The zero-order valence-corrected chi connectivity index (χ0v) is 47.9. The number of nitrogens with zero attached hydrogens (tertiary/aromatic N) is 4. The van der Waals surface area contributed by atoms with Crippen molar-refractivity contribution in [3.05, 3.63) is 198 Å². The summed E-state index contributed by atoms with van der Waals surface area (Å²) in [4.78, 5) is 10.7. The minimum Gasteiger partial charge on any atom is -0.420 e. The van der Waals surface area contributed by atoms with Crippen LogP contribution in [0, 0.1) is 0 Å². The van der Waals surface area contributed by atoms with Crippen molar-refractivity contribution >= 4 is 79.4 Å². The van der Waals surface area contributed by atoms with Gasteiger partial charge in [0.15, 0.2) is 0 Å². The normalized spacial score (nSPS) is 13.8. The molecule has 386 valence electrons. The number of para-hydroxylation sites is 2. The summed E-state index contributed by atoms with van der Waals surface area (Å²) >= 11 is 0. The quantitative estimate of drug-likeness (QED) is 0.161. The molecule has 0 atom stereocenters. The Morgan fingerprint density at radius 1 is 0.377 bits per heavy atom. The summed E-state index contributed by atoms with van der Waals surface area (Å²) in [5.74, 6) is 1.34. The SMILES string of the molecule is CC(C)(C)c1ccc(-c2ccc(-c3nc4c(o3)N(c3cc(C(C)(C)C)cc(C(C)(C)C)c3)c3cc(-n5c6ccccc6c6ccccc65)cc5c3B4c3cc(C(C)(C)C)ccc3N5c3ccc(C(C)(C)C)cc3)cc2)cc1. The number of aromatic nitrogens is 2. The third-order valence-electron chi connectivity index (χ3n) is 16.4. The minimum absolute atomic E-state index is 0.00621. The molecule has 8 aromatic carbocycles. The van der Waals surface area contributed by atoms with E-state index in [1.165, 1.54) is 55.1 Å². The molecule has 2 aliphatic rings. The third-order valence-corrected chi connectivity index (χ3v) is 16.4. The standard InChI is InChI=1S/C71H73BN4O/c1-67(2,3)47-30-28-45(29-31-47)44-24-26-46(27-25-44)65-73-64-66(77-65)76(53-39-50(70(10,11)12)38-51(40-53)71(13,14)15)62-43-54(75-58-22-18-16-20-55(58)56-21-17-19-23-59(56)75)42-61-63(62)72(64)57-41-49(69(7,8)9)34-37-60(57)74(61)52-35-32-48(33-36-52)68(4,5)6/h16-43H,1-15H3. The first-order valence-electron chi connectivity index (χ1n) is 27.7. The molecule has 12 rings (SSSR count).